The summed E-state index contributed by atoms with van der Waals surface area (Å²) in [6.07, 6.45) is 19.4. The lowest BCUT2D eigenvalue weighted by molar-refractivity contribution is 0.847. The van der Waals surface area contributed by atoms with Gasteiger partial charge in [-0.3, -0.25) is 0 Å². The van der Waals surface area contributed by atoms with Gasteiger partial charge in [-0.25, -0.2) is 0 Å². The van der Waals surface area contributed by atoms with Gasteiger partial charge in [-0.1, -0.05) is 112 Å². The van der Waals surface area contributed by atoms with Crippen molar-refractivity contribution in [2.45, 2.75) is 75.7 Å². The maximum atomic E-state index is 4.05. The van der Waals surface area contributed by atoms with E-state index in [0.29, 0.717) is 0 Å². The highest BCUT2D eigenvalue weighted by Gasteiger charge is 2.21. The van der Waals surface area contributed by atoms with Crippen molar-refractivity contribution < 1.29 is 0 Å². The lowest BCUT2D eigenvalue weighted by Crippen LogP contribution is -2.00. The quantitative estimate of drug-likeness (QED) is 0.338. The number of fused-ring (bicyclic) bond motifs is 1. The van der Waals surface area contributed by atoms with Crippen molar-refractivity contribution in [3.63, 3.8) is 0 Å². The maximum absolute atomic E-state index is 4.05. The summed E-state index contributed by atoms with van der Waals surface area (Å²) in [5, 5.41) is 0. The summed E-state index contributed by atoms with van der Waals surface area (Å²) in [6.45, 7) is 42.2. The first kappa shape index (κ1) is 39.0. The Morgan fingerprint density at radius 3 is 1.66 bits per heavy atom. The van der Waals surface area contributed by atoms with Gasteiger partial charge in [-0.15, -0.1) is 13.2 Å². The molecule has 0 aromatic carbocycles. The Balaban J connectivity index is -0.00000110. The summed E-state index contributed by atoms with van der Waals surface area (Å²) in [5.41, 5.74) is 10.3. The minimum atomic E-state index is 0.872. The third-order valence-electron chi connectivity index (χ3n) is 5.45. The molecule has 0 saturated carbocycles. The van der Waals surface area contributed by atoms with Crippen molar-refractivity contribution in [2.24, 2.45) is 7.05 Å². The van der Waals surface area contributed by atoms with Crippen LogP contribution in [0, 0.1) is 6.92 Å². The molecule has 2 nitrogen and oxygen atoms in total. The second-order valence-corrected chi connectivity index (χ2v) is 6.84. The van der Waals surface area contributed by atoms with E-state index in [9.17, 15) is 0 Å². The molecule has 0 bridgehead atoms. The van der Waals surface area contributed by atoms with Gasteiger partial charge < -0.3 is 9.13 Å². The summed E-state index contributed by atoms with van der Waals surface area (Å²) < 4.78 is 4.48. The van der Waals surface area contributed by atoms with Gasteiger partial charge in [0.25, 0.3) is 0 Å². The van der Waals surface area contributed by atoms with E-state index in [1.807, 2.05) is 86.6 Å². The molecule has 1 aliphatic carbocycles. The van der Waals surface area contributed by atoms with Crippen LogP contribution in [-0.4, -0.2) is 9.13 Å². The predicted molar refractivity (Wildman–Crippen MR) is 183 cm³/mol. The van der Waals surface area contributed by atoms with Gasteiger partial charge in [0, 0.05) is 58.5 Å². The molecule has 0 radical (unpaired) electrons. The zero-order valence-electron chi connectivity index (χ0n) is 26.5. The molecule has 38 heavy (non-hydrogen) atoms. The van der Waals surface area contributed by atoms with Crippen molar-refractivity contribution >= 4 is 42.2 Å². The van der Waals surface area contributed by atoms with Crippen LogP contribution in [0.3, 0.4) is 0 Å². The lowest BCUT2D eigenvalue weighted by Gasteiger charge is -2.11. The van der Waals surface area contributed by atoms with Crippen LogP contribution >= 0.6 is 0 Å². The van der Waals surface area contributed by atoms with E-state index in [2.05, 4.69) is 93.0 Å². The van der Waals surface area contributed by atoms with Gasteiger partial charge in [-0.2, -0.15) is 0 Å². The molecule has 1 aliphatic rings. The highest BCUT2D eigenvalue weighted by atomic mass is 15.0. The number of aromatic nitrogens is 2. The molecule has 0 amide bonds. The van der Waals surface area contributed by atoms with Gasteiger partial charge in [0.2, 0.25) is 0 Å². The minimum Gasteiger partial charge on any atom is -0.347 e. The van der Waals surface area contributed by atoms with Crippen molar-refractivity contribution in [1.29, 1.82) is 0 Å². The molecule has 210 valence electrons. The molecule has 2 aromatic rings. The molecule has 0 N–H and O–H groups in total. The Morgan fingerprint density at radius 1 is 0.737 bits per heavy atom. The molecule has 0 fully saturated rings. The molecule has 2 heteroatoms. The van der Waals surface area contributed by atoms with Crippen LogP contribution in [0.2, 0.25) is 0 Å². The van der Waals surface area contributed by atoms with Crippen LogP contribution < -0.4 is 0 Å². The first-order valence-corrected chi connectivity index (χ1v) is 14.0. The fraction of sp³-hybridized carbons (Fsp3) is 0.333. The monoisotopic (exact) mass is 516 g/mol. The molecule has 0 saturated heterocycles. The normalized spacial score (nSPS) is 10.4. The fourth-order valence-electron chi connectivity index (χ4n) is 4.18. The molecule has 0 spiro atoms. The maximum Gasteiger partial charge on any atom is 0.0531 e. The topological polar surface area (TPSA) is 9.86 Å². The zero-order valence-corrected chi connectivity index (χ0v) is 26.5. The van der Waals surface area contributed by atoms with E-state index in [0.717, 1.165) is 40.3 Å². The Morgan fingerprint density at radius 2 is 1.24 bits per heavy atom. The number of hydrogen-bond donors (Lipinski definition) is 0. The number of nitrogens with zero attached hydrogens (tertiary/aromatic N) is 2. The smallest absolute Gasteiger partial charge is 0.0531 e. The predicted octanol–water partition coefficient (Wildman–Crippen LogP) is 11.8. The van der Waals surface area contributed by atoms with E-state index in [-0.39, 0.29) is 0 Å². The van der Waals surface area contributed by atoms with Gasteiger partial charge in [0.05, 0.1) is 5.69 Å². The van der Waals surface area contributed by atoms with Crippen molar-refractivity contribution in [3.05, 3.63) is 103 Å². The zero-order chi connectivity index (χ0) is 30.4. The van der Waals surface area contributed by atoms with E-state index in [4.69, 9.17) is 0 Å². The standard InChI is InChI=1S/C26H28N2.4C2H6.C2H4/c1-8-14-22-23-17-19(15-13-16-26(23)27(7)24(22)11-4)28-18(6)20(9-2)21(10-3)25(28)12-5;5*1-2/h8-15,17H,2-5,16H2,1,6-7H3;4*1-2H3;1-2H2/b14-8-;;;;;. The molecular weight excluding hydrogens is 460 g/mol. The fourth-order valence-corrected chi connectivity index (χ4v) is 4.18. The average molecular weight is 517 g/mol. The molecule has 0 unspecified atom stereocenters. The molecule has 2 aromatic heterocycles. The van der Waals surface area contributed by atoms with Crippen molar-refractivity contribution in [1.82, 2.24) is 9.13 Å². The van der Waals surface area contributed by atoms with Gasteiger partial charge in [0.15, 0.2) is 0 Å². The second-order valence-electron chi connectivity index (χ2n) is 6.84. The Kier molecular flexibility index (Phi) is 23.3. The van der Waals surface area contributed by atoms with Crippen LogP contribution in [0.25, 0.3) is 42.2 Å². The highest BCUT2D eigenvalue weighted by Crippen LogP contribution is 2.35. The van der Waals surface area contributed by atoms with Crippen molar-refractivity contribution in [3.8, 4) is 0 Å². The number of allylic oxidation sites excluding steroid dienone is 4. The highest BCUT2D eigenvalue weighted by molar-refractivity contribution is 5.88. The average Bonchev–Trinajstić information content (AvgIpc) is 3.29. The molecule has 0 aliphatic heterocycles. The largest absolute Gasteiger partial charge is 0.347 e. The van der Waals surface area contributed by atoms with Crippen LogP contribution in [0.4, 0.5) is 0 Å². The summed E-state index contributed by atoms with van der Waals surface area (Å²) in [6, 6.07) is 0. The van der Waals surface area contributed by atoms with E-state index >= 15 is 0 Å². The third kappa shape index (κ3) is 8.52. The summed E-state index contributed by atoms with van der Waals surface area (Å²) in [7, 11) is 2.11. The van der Waals surface area contributed by atoms with Gasteiger partial charge in [-0.05, 0) is 38.2 Å². The molecular formula is C36H56N2. The van der Waals surface area contributed by atoms with E-state index < -0.39 is 0 Å². The lowest BCUT2D eigenvalue weighted by atomic mass is 10.1. The van der Waals surface area contributed by atoms with E-state index in [1.165, 1.54) is 16.8 Å². The molecule has 3 rings (SSSR count). The van der Waals surface area contributed by atoms with Crippen LogP contribution in [-0.2, 0) is 13.5 Å². The third-order valence-corrected chi connectivity index (χ3v) is 5.45. The Labute approximate surface area is 236 Å². The minimum absolute atomic E-state index is 0.872. The number of hydrogen-bond acceptors (Lipinski definition) is 0. The van der Waals surface area contributed by atoms with Crippen LogP contribution in [0.5, 0.6) is 0 Å². The first-order chi connectivity index (χ1) is 18.5. The van der Waals surface area contributed by atoms with E-state index in [1.54, 1.807) is 0 Å². The molecule has 0 atom stereocenters. The van der Waals surface area contributed by atoms with Crippen molar-refractivity contribution in [2.75, 3.05) is 0 Å². The Hall–Kier alpha value is -3.52. The summed E-state index contributed by atoms with van der Waals surface area (Å²) in [5.74, 6) is 0. The summed E-state index contributed by atoms with van der Waals surface area (Å²) >= 11 is 0. The second kappa shape index (κ2) is 22.7. The molecule has 2 heterocycles. The van der Waals surface area contributed by atoms with Gasteiger partial charge >= 0.3 is 0 Å². The SMILES string of the molecule is C=C.C=Cc1c(C=C)c(C=C)n(C2=Cc3c(/C=C\C)c(C=C)n(C)c3CC=C2)c1C.CC.CC.CC.CC. The van der Waals surface area contributed by atoms with Crippen LogP contribution in [0.15, 0.2) is 57.7 Å². The first-order valence-electron chi connectivity index (χ1n) is 14.0. The van der Waals surface area contributed by atoms with Crippen LogP contribution in [0.1, 0.15) is 107 Å². The van der Waals surface area contributed by atoms with Gasteiger partial charge in [0.1, 0.15) is 0 Å². The Bertz CT molecular complexity index is 1090. The summed E-state index contributed by atoms with van der Waals surface area (Å²) in [4.78, 5) is 0. The number of rotatable bonds is 6.